The van der Waals surface area contributed by atoms with Crippen LogP contribution >= 0.6 is 34.8 Å². The third-order valence-electron chi connectivity index (χ3n) is 2.13. The summed E-state index contributed by atoms with van der Waals surface area (Å²) in [5.74, 6) is -1.22. The van der Waals surface area contributed by atoms with Gasteiger partial charge in [-0.15, -0.1) is 11.6 Å². The van der Waals surface area contributed by atoms with Crippen LogP contribution < -0.4 is 0 Å². The van der Waals surface area contributed by atoms with E-state index in [0.717, 1.165) is 0 Å². The summed E-state index contributed by atoms with van der Waals surface area (Å²) in [5.41, 5.74) is 0. The third kappa shape index (κ3) is 1.23. The molecule has 13 heavy (non-hydrogen) atoms. The lowest BCUT2D eigenvalue weighted by Gasteiger charge is -2.26. The Hall–Kier alpha value is 0.490. The van der Waals surface area contributed by atoms with Gasteiger partial charge >= 0.3 is 0 Å². The molecule has 0 unspecified atom stereocenters. The maximum atomic E-state index is 9.50. The Morgan fingerprint density at radius 1 is 1.31 bits per heavy atom. The summed E-state index contributed by atoms with van der Waals surface area (Å²) in [4.78, 5) is 0. The van der Waals surface area contributed by atoms with Gasteiger partial charge in [-0.25, -0.2) is 0 Å². The monoisotopic (exact) mass is 244 g/mol. The van der Waals surface area contributed by atoms with Gasteiger partial charge in [-0.3, -0.25) is 0 Å². The van der Waals surface area contributed by atoms with Crippen molar-refractivity contribution in [2.75, 3.05) is 13.2 Å². The largest absolute Gasteiger partial charge is 0.386 e. The summed E-state index contributed by atoms with van der Waals surface area (Å²) in [6, 6.07) is 0. The van der Waals surface area contributed by atoms with Crippen LogP contribution in [0.25, 0.3) is 0 Å². The molecular weight excluding hydrogens is 238 g/mol. The zero-order chi connectivity index (χ0) is 9.64. The topological polar surface area (TPSA) is 38.7 Å². The Balaban J connectivity index is 2.39. The predicted molar refractivity (Wildman–Crippen MR) is 49.0 cm³/mol. The summed E-state index contributed by atoms with van der Waals surface area (Å²) in [7, 11) is 0. The van der Waals surface area contributed by atoms with Gasteiger partial charge in [-0.1, -0.05) is 23.2 Å². The quantitative estimate of drug-likeness (QED) is 0.656. The molecule has 6 heteroatoms. The van der Waals surface area contributed by atoms with Crippen molar-refractivity contribution >= 4 is 34.8 Å². The smallest absolute Gasteiger partial charge is 0.227 e. The molecule has 2 rings (SSSR count). The molecule has 1 aliphatic heterocycles. The van der Waals surface area contributed by atoms with E-state index in [4.69, 9.17) is 44.3 Å². The van der Waals surface area contributed by atoms with Crippen molar-refractivity contribution in [2.24, 2.45) is 0 Å². The first-order valence-electron chi connectivity index (χ1n) is 3.75. The molecule has 0 amide bonds. The maximum absolute atomic E-state index is 9.50. The predicted octanol–water partition coefficient (Wildman–Crippen LogP) is 1.40. The standard InChI is InChI=1S/C7H7Cl3O3/c8-3-4(11)6(10)7(5(3)9)12-1-2-13-7/h4,6,11H,1-2H2/t4-,6-/m1/s1. The van der Waals surface area contributed by atoms with Gasteiger partial charge in [-0.2, -0.15) is 0 Å². The van der Waals surface area contributed by atoms with Crippen molar-refractivity contribution in [3.63, 3.8) is 0 Å². The van der Waals surface area contributed by atoms with Gasteiger partial charge in [0.25, 0.3) is 0 Å². The Morgan fingerprint density at radius 3 is 2.23 bits per heavy atom. The number of aliphatic hydroxyl groups is 1. The van der Waals surface area contributed by atoms with E-state index in [1.165, 1.54) is 0 Å². The first-order chi connectivity index (χ1) is 6.09. The number of hydrogen-bond acceptors (Lipinski definition) is 3. The summed E-state index contributed by atoms with van der Waals surface area (Å²) in [5, 5.41) is 8.97. The highest BCUT2D eigenvalue weighted by Crippen LogP contribution is 2.48. The van der Waals surface area contributed by atoms with Gasteiger partial charge in [0.15, 0.2) is 0 Å². The number of alkyl halides is 1. The molecule has 0 saturated carbocycles. The van der Waals surface area contributed by atoms with Crippen molar-refractivity contribution in [3.8, 4) is 0 Å². The van der Waals surface area contributed by atoms with Crippen LogP contribution in [0.3, 0.4) is 0 Å². The van der Waals surface area contributed by atoms with Crippen LogP contribution in [-0.4, -0.2) is 35.6 Å². The molecule has 1 aliphatic carbocycles. The van der Waals surface area contributed by atoms with Crippen LogP contribution in [0.5, 0.6) is 0 Å². The number of aliphatic hydroxyl groups excluding tert-OH is 1. The third-order valence-corrected chi connectivity index (χ3v) is 3.63. The van der Waals surface area contributed by atoms with E-state index in [1.54, 1.807) is 0 Å². The van der Waals surface area contributed by atoms with Crippen molar-refractivity contribution < 1.29 is 14.6 Å². The molecule has 0 bridgehead atoms. The van der Waals surface area contributed by atoms with Crippen molar-refractivity contribution in [1.29, 1.82) is 0 Å². The molecule has 2 atom stereocenters. The van der Waals surface area contributed by atoms with E-state index in [9.17, 15) is 5.11 Å². The van der Waals surface area contributed by atoms with Gasteiger partial charge in [0.1, 0.15) is 11.5 Å². The molecule has 0 aromatic heterocycles. The van der Waals surface area contributed by atoms with E-state index in [-0.39, 0.29) is 10.1 Å². The lowest BCUT2D eigenvalue weighted by atomic mass is 10.2. The van der Waals surface area contributed by atoms with Crippen molar-refractivity contribution in [1.82, 2.24) is 0 Å². The van der Waals surface area contributed by atoms with Gasteiger partial charge in [0.05, 0.1) is 23.3 Å². The zero-order valence-electron chi connectivity index (χ0n) is 6.47. The van der Waals surface area contributed by atoms with Crippen molar-refractivity contribution in [3.05, 3.63) is 10.1 Å². The van der Waals surface area contributed by atoms with Crippen LogP contribution in [0, 0.1) is 0 Å². The number of rotatable bonds is 0. The lowest BCUT2D eigenvalue weighted by Crippen LogP contribution is -2.41. The summed E-state index contributed by atoms with van der Waals surface area (Å²) in [6.07, 6.45) is -1.02. The first-order valence-corrected chi connectivity index (χ1v) is 4.94. The van der Waals surface area contributed by atoms with Crippen LogP contribution in [0.4, 0.5) is 0 Å². The molecule has 1 saturated heterocycles. The minimum Gasteiger partial charge on any atom is -0.386 e. The fourth-order valence-electron chi connectivity index (χ4n) is 1.47. The molecule has 0 radical (unpaired) electrons. The minimum atomic E-state index is -1.22. The van der Waals surface area contributed by atoms with Crippen LogP contribution in [0.15, 0.2) is 10.1 Å². The first kappa shape index (κ1) is 10.0. The van der Waals surface area contributed by atoms with E-state index < -0.39 is 17.3 Å². The Morgan fingerprint density at radius 2 is 1.85 bits per heavy atom. The highest BCUT2D eigenvalue weighted by molar-refractivity contribution is 6.42. The molecule has 74 valence electrons. The van der Waals surface area contributed by atoms with Gasteiger partial charge in [-0.05, 0) is 0 Å². The number of hydrogen-bond donors (Lipinski definition) is 1. The second-order valence-corrected chi connectivity index (χ2v) is 4.13. The second kappa shape index (κ2) is 3.26. The minimum absolute atomic E-state index is 0.101. The summed E-state index contributed by atoms with van der Waals surface area (Å²) >= 11 is 17.5. The van der Waals surface area contributed by atoms with Gasteiger partial charge in [0.2, 0.25) is 5.79 Å². The van der Waals surface area contributed by atoms with E-state index in [1.807, 2.05) is 0 Å². The number of halogens is 3. The van der Waals surface area contributed by atoms with Crippen LogP contribution in [0.1, 0.15) is 0 Å². The highest BCUT2D eigenvalue weighted by atomic mass is 35.5. The molecule has 1 N–H and O–H groups in total. The second-order valence-electron chi connectivity index (χ2n) is 2.87. The van der Waals surface area contributed by atoms with Gasteiger partial charge < -0.3 is 14.6 Å². The molecular formula is C7H7Cl3O3. The fraction of sp³-hybridized carbons (Fsp3) is 0.714. The van der Waals surface area contributed by atoms with E-state index in [0.29, 0.717) is 13.2 Å². The average molecular weight is 245 g/mol. The molecule has 0 aromatic carbocycles. The summed E-state index contributed by atoms with van der Waals surface area (Å²) in [6.45, 7) is 0.798. The SMILES string of the molecule is O[C@@H]1C(Cl)=C(Cl)C2(OCCO2)[C@@H]1Cl. The Labute approximate surface area is 90.2 Å². The van der Waals surface area contributed by atoms with E-state index >= 15 is 0 Å². The van der Waals surface area contributed by atoms with Crippen molar-refractivity contribution in [2.45, 2.75) is 17.3 Å². The fourth-order valence-corrected chi connectivity index (χ4v) is 2.55. The molecule has 0 aromatic rings. The van der Waals surface area contributed by atoms with Gasteiger partial charge in [0, 0.05) is 0 Å². The summed E-state index contributed by atoms with van der Waals surface area (Å²) < 4.78 is 10.6. The Kier molecular flexibility index (Phi) is 2.51. The Bertz CT molecular complexity index is 260. The van der Waals surface area contributed by atoms with E-state index in [2.05, 4.69) is 0 Å². The van der Waals surface area contributed by atoms with Crippen LogP contribution in [-0.2, 0) is 9.47 Å². The maximum Gasteiger partial charge on any atom is 0.227 e. The normalized spacial score (nSPS) is 37.8. The average Bonchev–Trinajstić information content (AvgIpc) is 2.67. The molecule has 2 aliphatic rings. The molecule has 3 nitrogen and oxygen atoms in total. The zero-order valence-corrected chi connectivity index (χ0v) is 8.73. The molecule has 1 heterocycles. The molecule has 1 fully saturated rings. The number of ether oxygens (including phenoxy) is 2. The lowest BCUT2D eigenvalue weighted by molar-refractivity contribution is -0.124. The highest BCUT2D eigenvalue weighted by Gasteiger charge is 2.57. The molecule has 1 spiro atoms. The van der Waals surface area contributed by atoms with Crippen LogP contribution in [0.2, 0.25) is 0 Å².